The summed E-state index contributed by atoms with van der Waals surface area (Å²) in [6, 6.07) is 7.26. The summed E-state index contributed by atoms with van der Waals surface area (Å²) in [6.45, 7) is 0. The highest BCUT2D eigenvalue weighted by Crippen LogP contribution is 2.39. The summed E-state index contributed by atoms with van der Waals surface area (Å²) in [5.41, 5.74) is -0.247. The van der Waals surface area contributed by atoms with Crippen molar-refractivity contribution in [1.29, 1.82) is 5.39 Å². The van der Waals surface area contributed by atoms with Gasteiger partial charge < -0.3 is 5.11 Å². The lowest BCUT2D eigenvalue weighted by Gasteiger charge is -2.02. The number of diazo groups is 1. The molecule has 0 spiro atoms. The SMILES string of the molecule is N#[N+]c1cc(S(=O)(=O)Cl)c2ccccc2c1O. The van der Waals surface area contributed by atoms with Gasteiger partial charge in [-0.3, -0.25) is 0 Å². The average Bonchev–Trinajstić information content (AvgIpc) is 2.28. The zero-order chi connectivity index (χ0) is 12.6. The molecule has 0 atom stereocenters. The van der Waals surface area contributed by atoms with Gasteiger partial charge in [-0.25, -0.2) is 8.42 Å². The van der Waals surface area contributed by atoms with Crippen molar-refractivity contribution in [3.05, 3.63) is 35.3 Å². The molecule has 0 saturated carbocycles. The second kappa shape index (κ2) is 3.87. The normalized spacial score (nSPS) is 11.3. The van der Waals surface area contributed by atoms with Crippen molar-refractivity contribution in [2.45, 2.75) is 4.90 Å². The minimum Gasteiger partial charge on any atom is -0.501 e. The van der Waals surface area contributed by atoms with Gasteiger partial charge in [-0.15, -0.1) is 0 Å². The van der Waals surface area contributed by atoms with E-state index in [1.165, 1.54) is 12.1 Å². The molecule has 86 valence electrons. The molecule has 17 heavy (non-hydrogen) atoms. The fraction of sp³-hybridized carbons (Fsp3) is 0. The molecule has 0 aliphatic carbocycles. The number of fused-ring (bicyclic) bond motifs is 1. The Bertz CT molecular complexity index is 750. The van der Waals surface area contributed by atoms with Crippen LogP contribution < -0.4 is 0 Å². The van der Waals surface area contributed by atoms with Crippen molar-refractivity contribution in [2.75, 3.05) is 0 Å². The van der Waals surface area contributed by atoms with Crippen LogP contribution in [0.2, 0.25) is 0 Å². The van der Waals surface area contributed by atoms with Gasteiger partial charge in [0.05, 0.1) is 11.0 Å². The number of phenols is 1. The van der Waals surface area contributed by atoms with Crippen LogP contribution in [0.25, 0.3) is 15.7 Å². The van der Waals surface area contributed by atoms with E-state index >= 15 is 0 Å². The molecule has 5 nitrogen and oxygen atoms in total. The van der Waals surface area contributed by atoms with Gasteiger partial charge in [-0.05, 0) is 0 Å². The summed E-state index contributed by atoms with van der Waals surface area (Å²) >= 11 is 0. The number of hydrogen-bond donors (Lipinski definition) is 1. The molecule has 7 heteroatoms. The van der Waals surface area contributed by atoms with Crippen LogP contribution in [-0.4, -0.2) is 13.5 Å². The molecule has 2 aromatic carbocycles. The fourth-order valence-electron chi connectivity index (χ4n) is 1.59. The Kier molecular flexibility index (Phi) is 2.65. The monoisotopic (exact) mass is 269 g/mol. The van der Waals surface area contributed by atoms with E-state index in [1.54, 1.807) is 12.1 Å². The van der Waals surface area contributed by atoms with Gasteiger partial charge in [0, 0.05) is 21.5 Å². The zero-order valence-electron chi connectivity index (χ0n) is 8.33. The number of nitrogens with zero attached hydrogens (tertiary/aromatic N) is 2. The third-order valence-corrected chi connectivity index (χ3v) is 3.69. The predicted octanol–water partition coefficient (Wildman–Crippen LogP) is 2.96. The molecule has 0 amide bonds. The Hall–Kier alpha value is -1.84. The molecule has 0 aliphatic rings. The number of rotatable bonds is 1. The number of halogens is 1. The van der Waals surface area contributed by atoms with Crippen LogP contribution in [0.3, 0.4) is 0 Å². The molecule has 0 heterocycles. The van der Waals surface area contributed by atoms with Gasteiger partial charge in [0.2, 0.25) is 11.1 Å². The van der Waals surface area contributed by atoms with E-state index in [-0.39, 0.29) is 27.1 Å². The lowest BCUT2D eigenvalue weighted by Crippen LogP contribution is -1.92. The summed E-state index contributed by atoms with van der Waals surface area (Å²) in [7, 11) is 1.30. The summed E-state index contributed by atoms with van der Waals surface area (Å²) in [4.78, 5) is 2.61. The van der Waals surface area contributed by atoms with Crippen LogP contribution in [-0.2, 0) is 9.05 Å². The largest absolute Gasteiger partial charge is 0.501 e. The molecule has 0 aromatic heterocycles. The minimum atomic E-state index is -3.99. The number of benzene rings is 2. The molecule has 1 N–H and O–H groups in total. The van der Waals surface area contributed by atoms with Crippen molar-refractivity contribution >= 4 is 36.2 Å². The van der Waals surface area contributed by atoms with Crippen LogP contribution in [0.1, 0.15) is 0 Å². The Labute approximate surface area is 101 Å². The predicted molar refractivity (Wildman–Crippen MR) is 63.4 cm³/mol. The van der Waals surface area contributed by atoms with Gasteiger partial charge in [0.1, 0.15) is 0 Å². The molecular formula is C10H6ClN2O3S+. The maximum absolute atomic E-state index is 11.4. The highest BCUT2D eigenvalue weighted by atomic mass is 35.7. The van der Waals surface area contributed by atoms with Crippen LogP contribution in [0.15, 0.2) is 35.2 Å². The second-order valence-corrected chi connectivity index (χ2v) is 5.86. The summed E-state index contributed by atoms with van der Waals surface area (Å²) in [6.07, 6.45) is 0. The minimum absolute atomic E-state index is 0.208. The van der Waals surface area contributed by atoms with Gasteiger partial charge >= 0.3 is 5.69 Å². The quantitative estimate of drug-likeness (QED) is 0.637. The van der Waals surface area contributed by atoms with Gasteiger partial charge in [0.25, 0.3) is 9.05 Å². The maximum atomic E-state index is 11.4. The van der Waals surface area contributed by atoms with E-state index in [0.29, 0.717) is 0 Å². The first-order valence-corrected chi connectivity index (χ1v) is 6.80. The average molecular weight is 270 g/mol. The molecular weight excluding hydrogens is 264 g/mol. The van der Waals surface area contributed by atoms with E-state index in [4.69, 9.17) is 16.1 Å². The zero-order valence-corrected chi connectivity index (χ0v) is 9.90. The van der Waals surface area contributed by atoms with E-state index in [9.17, 15) is 13.5 Å². The topological polar surface area (TPSA) is 82.5 Å². The molecule has 0 fully saturated rings. The number of hydrogen-bond acceptors (Lipinski definition) is 4. The fourth-order valence-corrected chi connectivity index (χ4v) is 2.67. The summed E-state index contributed by atoms with van der Waals surface area (Å²) in [5, 5.41) is 19.0. The van der Waals surface area contributed by atoms with Crippen molar-refractivity contribution in [2.24, 2.45) is 0 Å². The first kappa shape index (κ1) is 11.6. The molecule has 0 aliphatic heterocycles. The van der Waals surface area contributed by atoms with E-state index < -0.39 is 9.05 Å². The summed E-state index contributed by atoms with van der Waals surface area (Å²) in [5.74, 6) is -0.299. The van der Waals surface area contributed by atoms with E-state index in [1.807, 2.05) is 0 Å². The Morgan fingerprint density at radius 1 is 1.24 bits per heavy atom. The molecule has 0 unspecified atom stereocenters. The smallest absolute Gasteiger partial charge is 0.428 e. The Morgan fingerprint density at radius 2 is 1.82 bits per heavy atom. The first-order valence-electron chi connectivity index (χ1n) is 4.49. The first-order chi connectivity index (χ1) is 7.95. The number of aromatic hydroxyl groups is 1. The molecule has 0 radical (unpaired) electrons. The van der Waals surface area contributed by atoms with Crippen molar-refractivity contribution in [1.82, 2.24) is 0 Å². The van der Waals surface area contributed by atoms with Gasteiger partial charge in [-0.2, -0.15) is 0 Å². The highest BCUT2D eigenvalue weighted by molar-refractivity contribution is 8.14. The van der Waals surface area contributed by atoms with Gasteiger partial charge in [-0.1, -0.05) is 24.3 Å². The highest BCUT2D eigenvalue weighted by Gasteiger charge is 2.25. The lowest BCUT2D eigenvalue weighted by molar-refractivity contribution is 0.484. The van der Waals surface area contributed by atoms with Crippen molar-refractivity contribution in [3.8, 4) is 5.75 Å². The number of phenolic OH excluding ortho intramolecular Hbond substituents is 1. The van der Waals surface area contributed by atoms with Crippen LogP contribution >= 0.6 is 10.7 Å². The van der Waals surface area contributed by atoms with Crippen LogP contribution in [0, 0.1) is 5.39 Å². The molecule has 2 rings (SSSR count). The van der Waals surface area contributed by atoms with E-state index in [0.717, 1.165) is 6.07 Å². The third-order valence-electron chi connectivity index (χ3n) is 2.33. The maximum Gasteiger partial charge on any atom is 0.428 e. The lowest BCUT2D eigenvalue weighted by atomic mass is 10.1. The van der Waals surface area contributed by atoms with Crippen molar-refractivity contribution in [3.63, 3.8) is 0 Å². The standard InChI is InChI=1S/C10H5ClN2O3S/c11-17(15,16)9-5-8(13-12)10(14)7-4-2-1-3-6(7)9/h1-5H/p+1. The van der Waals surface area contributed by atoms with Crippen LogP contribution in [0.5, 0.6) is 5.75 Å². The third kappa shape index (κ3) is 1.90. The molecule has 0 bridgehead atoms. The molecule has 2 aromatic rings. The summed E-state index contributed by atoms with van der Waals surface area (Å²) < 4.78 is 22.8. The second-order valence-electron chi connectivity index (χ2n) is 3.33. The Balaban J connectivity index is 3.05. The van der Waals surface area contributed by atoms with Crippen molar-refractivity contribution < 1.29 is 13.5 Å². The van der Waals surface area contributed by atoms with E-state index in [2.05, 4.69) is 4.98 Å². The van der Waals surface area contributed by atoms with Crippen LogP contribution in [0.4, 0.5) is 5.69 Å². The Morgan fingerprint density at radius 3 is 2.35 bits per heavy atom. The van der Waals surface area contributed by atoms with Gasteiger partial charge in [0.15, 0.2) is 4.98 Å². The molecule has 0 saturated heterocycles.